The summed E-state index contributed by atoms with van der Waals surface area (Å²) in [6.07, 6.45) is 4.48. The lowest BCUT2D eigenvalue weighted by atomic mass is 9.78. The summed E-state index contributed by atoms with van der Waals surface area (Å²) in [6.45, 7) is 7.29. The Bertz CT molecular complexity index is 512. The summed E-state index contributed by atoms with van der Waals surface area (Å²) >= 11 is 0. The largest absolute Gasteiger partial charge is 0.456 e. The summed E-state index contributed by atoms with van der Waals surface area (Å²) < 4.78 is 5.70. The second kappa shape index (κ2) is 7.77. The number of esters is 1. The normalized spacial score (nSPS) is 44.4. The molecule has 0 amide bonds. The molecule has 1 aliphatic heterocycles. The Kier molecular flexibility index (Phi) is 6.34. The van der Waals surface area contributed by atoms with Gasteiger partial charge in [0, 0.05) is 0 Å². The molecule has 2 rings (SSSR count). The van der Waals surface area contributed by atoms with E-state index in [0.29, 0.717) is 38.5 Å². The van der Waals surface area contributed by atoms with Crippen LogP contribution in [0.1, 0.15) is 72.6 Å². The zero-order valence-electron chi connectivity index (χ0n) is 16.0. The molecule has 0 radical (unpaired) electrons. The topological polar surface area (TPSA) is 87.0 Å². The number of fused-ring (bicyclic) bond motifs is 3. The Balaban J connectivity index is 2.31. The molecule has 5 nitrogen and oxygen atoms in total. The molecule has 2 aliphatic rings. The second-order valence-corrected chi connectivity index (χ2v) is 8.57. The molecule has 1 saturated heterocycles. The van der Waals surface area contributed by atoms with Crippen molar-refractivity contribution in [3.8, 4) is 0 Å². The molecule has 0 saturated carbocycles. The molecular formula is C20H34O5. The van der Waals surface area contributed by atoms with E-state index in [2.05, 4.69) is 6.08 Å². The molecule has 5 heteroatoms. The number of rotatable bonds is 0. The predicted octanol–water partition coefficient (Wildman–Crippen LogP) is 2.72. The van der Waals surface area contributed by atoms with Crippen LogP contribution >= 0.6 is 0 Å². The molecule has 0 aromatic carbocycles. The van der Waals surface area contributed by atoms with Gasteiger partial charge in [0.2, 0.25) is 0 Å². The molecule has 2 bridgehead atoms. The SMILES string of the molecule is CC1=CCC[C@@](C)(O)[C@H](O)C[C@@H]2CC[C@](C)(OC(=O)[C@H]2C)[C@H](O)CC1. The van der Waals surface area contributed by atoms with Gasteiger partial charge < -0.3 is 20.1 Å². The van der Waals surface area contributed by atoms with Crippen LogP contribution in [-0.2, 0) is 9.53 Å². The average Bonchev–Trinajstić information content (AvgIpc) is 2.64. The van der Waals surface area contributed by atoms with Crippen molar-refractivity contribution < 1.29 is 24.9 Å². The Morgan fingerprint density at radius 2 is 1.84 bits per heavy atom. The molecule has 1 fully saturated rings. The van der Waals surface area contributed by atoms with E-state index in [1.54, 1.807) is 6.92 Å². The van der Waals surface area contributed by atoms with Crippen LogP contribution in [0.5, 0.6) is 0 Å². The highest BCUT2D eigenvalue weighted by atomic mass is 16.6. The molecule has 144 valence electrons. The number of hydrogen-bond acceptors (Lipinski definition) is 5. The molecular weight excluding hydrogens is 320 g/mol. The summed E-state index contributed by atoms with van der Waals surface area (Å²) in [5.74, 6) is -0.745. The fourth-order valence-corrected chi connectivity index (χ4v) is 3.93. The van der Waals surface area contributed by atoms with Gasteiger partial charge in [-0.3, -0.25) is 4.79 Å². The van der Waals surface area contributed by atoms with E-state index in [4.69, 9.17) is 4.74 Å². The number of aliphatic hydroxyl groups excluding tert-OH is 2. The Morgan fingerprint density at radius 3 is 2.52 bits per heavy atom. The van der Waals surface area contributed by atoms with Crippen LogP contribution in [0.15, 0.2) is 11.6 Å². The van der Waals surface area contributed by atoms with E-state index in [1.807, 2.05) is 20.8 Å². The standard InChI is InChI=1S/C20H34O5/c1-13-6-5-10-19(3,24)17(22)12-15-9-11-20(4,16(21)8-7-13)25-18(23)14(15)2/h6,14-17,21-22,24H,5,7-12H2,1-4H3/t14-,15-,16+,17+,19+,20-/m0/s1. The van der Waals surface area contributed by atoms with Crippen LogP contribution < -0.4 is 0 Å². The lowest BCUT2D eigenvalue weighted by molar-refractivity contribution is -0.174. The number of carbonyl (C=O) groups excluding carboxylic acids is 1. The third kappa shape index (κ3) is 4.83. The highest BCUT2D eigenvalue weighted by Gasteiger charge is 2.44. The average molecular weight is 354 g/mol. The van der Waals surface area contributed by atoms with Crippen molar-refractivity contribution in [1.82, 2.24) is 0 Å². The van der Waals surface area contributed by atoms with Gasteiger partial charge in [0.15, 0.2) is 0 Å². The lowest BCUT2D eigenvalue weighted by Crippen LogP contribution is -2.43. The number of carbonyl (C=O) groups is 1. The highest BCUT2D eigenvalue weighted by molar-refractivity contribution is 5.73. The van der Waals surface area contributed by atoms with Crippen molar-refractivity contribution in [2.24, 2.45) is 11.8 Å². The first-order valence-electron chi connectivity index (χ1n) is 9.52. The van der Waals surface area contributed by atoms with Crippen molar-refractivity contribution in [3.05, 3.63) is 11.6 Å². The summed E-state index contributed by atoms with van der Waals surface area (Å²) in [7, 11) is 0. The molecule has 0 unspecified atom stereocenters. The number of hydrogen-bond donors (Lipinski definition) is 3. The monoisotopic (exact) mass is 354 g/mol. The predicted molar refractivity (Wildman–Crippen MR) is 95.9 cm³/mol. The minimum Gasteiger partial charge on any atom is -0.456 e. The van der Waals surface area contributed by atoms with Crippen LogP contribution in [0.3, 0.4) is 0 Å². The van der Waals surface area contributed by atoms with Crippen LogP contribution in [0, 0.1) is 11.8 Å². The van der Waals surface area contributed by atoms with Gasteiger partial charge in [-0.25, -0.2) is 0 Å². The van der Waals surface area contributed by atoms with E-state index in [9.17, 15) is 20.1 Å². The zero-order chi connectivity index (χ0) is 18.8. The quantitative estimate of drug-likeness (QED) is 0.460. The van der Waals surface area contributed by atoms with Crippen molar-refractivity contribution in [2.75, 3.05) is 0 Å². The van der Waals surface area contributed by atoms with E-state index in [1.165, 1.54) is 0 Å². The zero-order valence-corrected chi connectivity index (χ0v) is 16.0. The molecule has 6 atom stereocenters. The summed E-state index contributed by atoms with van der Waals surface area (Å²) in [6, 6.07) is 0. The van der Waals surface area contributed by atoms with Gasteiger partial charge in [0.05, 0.1) is 23.7 Å². The number of allylic oxidation sites excluding steroid dienone is 2. The van der Waals surface area contributed by atoms with Gasteiger partial charge in [-0.1, -0.05) is 18.6 Å². The van der Waals surface area contributed by atoms with Gasteiger partial charge in [-0.05, 0) is 71.6 Å². The summed E-state index contributed by atoms with van der Waals surface area (Å²) in [5.41, 5.74) is -0.936. The molecule has 0 aromatic rings. The van der Waals surface area contributed by atoms with Crippen molar-refractivity contribution in [3.63, 3.8) is 0 Å². The van der Waals surface area contributed by atoms with Crippen molar-refractivity contribution in [1.29, 1.82) is 0 Å². The van der Waals surface area contributed by atoms with Crippen LogP contribution in [0.25, 0.3) is 0 Å². The fourth-order valence-electron chi connectivity index (χ4n) is 3.93. The molecule has 25 heavy (non-hydrogen) atoms. The van der Waals surface area contributed by atoms with Gasteiger partial charge in [0.1, 0.15) is 5.60 Å². The molecule has 0 aromatic heterocycles. The smallest absolute Gasteiger partial charge is 0.309 e. The fraction of sp³-hybridized carbons (Fsp3) is 0.850. The molecule has 1 aliphatic carbocycles. The third-order valence-corrected chi connectivity index (χ3v) is 6.33. The minimum atomic E-state index is -1.18. The Labute approximate surface area is 151 Å². The van der Waals surface area contributed by atoms with E-state index < -0.39 is 23.4 Å². The third-order valence-electron chi connectivity index (χ3n) is 6.33. The Morgan fingerprint density at radius 1 is 1.16 bits per heavy atom. The first kappa shape index (κ1) is 20.4. The highest BCUT2D eigenvalue weighted by Crippen LogP contribution is 2.38. The molecule has 0 spiro atoms. The van der Waals surface area contributed by atoms with E-state index in [0.717, 1.165) is 12.0 Å². The van der Waals surface area contributed by atoms with Crippen molar-refractivity contribution in [2.45, 2.75) is 96.1 Å². The summed E-state index contributed by atoms with van der Waals surface area (Å²) in [4.78, 5) is 12.5. The first-order chi connectivity index (χ1) is 11.5. The van der Waals surface area contributed by atoms with Crippen LogP contribution in [-0.4, -0.2) is 44.7 Å². The maximum Gasteiger partial charge on any atom is 0.309 e. The lowest BCUT2D eigenvalue weighted by Gasteiger charge is -2.34. The molecule has 1 heterocycles. The maximum absolute atomic E-state index is 12.5. The summed E-state index contributed by atoms with van der Waals surface area (Å²) in [5, 5.41) is 31.9. The van der Waals surface area contributed by atoms with Crippen molar-refractivity contribution >= 4 is 5.97 Å². The van der Waals surface area contributed by atoms with E-state index in [-0.39, 0.29) is 17.8 Å². The van der Waals surface area contributed by atoms with Gasteiger partial charge in [-0.2, -0.15) is 0 Å². The molecule has 3 N–H and O–H groups in total. The number of ether oxygens (including phenoxy) is 1. The van der Waals surface area contributed by atoms with Gasteiger partial charge in [0.25, 0.3) is 0 Å². The van der Waals surface area contributed by atoms with Gasteiger partial charge >= 0.3 is 5.97 Å². The number of aliphatic hydroxyl groups is 3. The second-order valence-electron chi connectivity index (χ2n) is 8.57. The first-order valence-corrected chi connectivity index (χ1v) is 9.52. The Hall–Kier alpha value is -0.910. The van der Waals surface area contributed by atoms with Crippen LogP contribution in [0.2, 0.25) is 0 Å². The maximum atomic E-state index is 12.5. The van der Waals surface area contributed by atoms with E-state index >= 15 is 0 Å². The van der Waals surface area contributed by atoms with Gasteiger partial charge in [-0.15, -0.1) is 0 Å². The minimum absolute atomic E-state index is 0.0665. The van der Waals surface area contributed by atoms with Crippen LogP contribution in [0.4, 0.5) is 0 Å².